The number of amides is 4. The highest BCUT2D eigenvalue weighted by Gasteiger charge is 2.49. The first-order valence-electron chi connectivity index (χ1n) is 10.8. The Kier molecular flexibility index (Phi) is 5.24. The van der Waals surface area contributed by atoms with E-state index in [2.05, 4.69) is 5.32 Å². The van der Waals surface area contributed by atoms with E-state index in [4.69, 9.17) is 13.9 Å². The lowest BCUT2D eigenvalue weighted by molar-refractivity contribution is -0.132. The largest absolute Gasteiger partial charge is 0.493 e. The van der Waals surface area contributed by atoms with Gasteiger partial charge in [-0.1, -0.05) is 12.5 Å². The summed E-state index contributed by atoms with van der Waals surface area (Å²) in [6, 6.07) is 6.83. The smallest absolute Gasteiger partial charge is 0.379 e. The Bertz CT molecular complexity index is 1170. The van der Waals surface area contributed by atoms with Crippen molar-refractivity contribution in [1.82, 2.24) is 10.2 Å². The Morgan fingerprint density at radius 1 is 1.15 bits per heavy atom. The molecule has 1 N–H and O–H groups in total. The number of methoxy groups -OCH3 is 1. The van der Waals surface area contributed by atoms with E-state index in [0.717, 1.165) is 25.7 Å². The number of imide groups is 2. The molecule has 2 heterocycles. The molecule has 3 fully saturated rings. The molecule has 2 bridgehead atoms. The number of rotatable bonds is 5. The van der Waals surface area contributed by atoms with Crippen LogP contribution in [0.4, 0.5) is 4.79 Å². The monoisotopic (exact) mass is 450 g/mol. The summed E-state index contributed by atoms with van der Waals surface area (Å²) in [6.07, 6.45) is 6.70. The number of carbonyl (C=O) groups excluding carboxylic acids is 4. The molecule has 9 nitrogen and oxygen atoms in total. The fraction of sp³-hybridized carbons (Fsp3) is 0.333. The van der Waals surface area contributed by atoms with Crippen molar-refractivity contribution >= 4 is 29.9 Å². The summed E-state index contributed by atoms with van der Waals surface area (Å²) < 4.78 is 15.7. The maximum atomic E-state index is 13.2. The van der Waals surface area contributed by atoms with E-state index in [0.29, 0.717) is 17.4 Å². The normalized spacial score (nSPS) is 25.5. The van der Waals surface area contributed by atoms with E-state index in [1.54, 1.807) is 12.1 Å². The molecular weight excluding hydrogens is 428 g/mol. The predicted molar refractivity (Wildman–Crippen MR) is 114 cm³/mol. The average molecular weight is 450 g/mol. The number of hydrogen-bond acceptors (Lipinski definition) is 7. The first kappa shape index (κ1) is 21.0. The highest BCUT2D eigenvalue weighted by molar-refractivity contribution is 6.31. The molecular formula is C24H22N2O7. The molecule has 0 radical (unpaired) electrons. The first-order valence-corrected chi connectivity index (χ1v) is 10.8. The molecule has 33 heavy (non-hydrogen) atoms. The maximum Gasteiger partial charge on any atom is 0.379 e. The standard InChI is InChI=1S/C24H22N2O7/c1-31-20-12-14(5-7-18(20)33-23(29)19-3-2-8-32-19)10-16-21(27)25-24(30)26(22(16)28)17-11-13-4-6-15(17)9-13/h2-3,5,7-8,10,12-13,15,17H,4,6,9,11H2,1H3,(H,25,27,30)/b16-10+/t13-,15-,17+/m0/s1. The zero-order chi connectivity index (χ0) is 23.1. The lowest BCUT2D eigenvalue weighted by atomic mass is 9.93. The molecule has 0 unspecified atom stereocenters. The van der Waals surface area contributed by atoms with Crippen LogP contribution in [0.5, 0.6) is 11.5 Å². The third kappa shape index (κ3) is 3.79. The maximum absolute atomic E-state index is 13.2. The highest BCUT2D eigenvalue weighted by Crippen LogP contribution is 2.47. The van der Waals surface area contributed by atoms with Crippen molar-refractivity contribution in [2.75, 3.05) is 7.11 Å². The number of fused-ring (bicyclic) bond motifs is 2. The van der Waals surface area contributed by atoms with Crippen LogP contribution in [0.3, 0.4) is 0 Å². The molecule has 0 spiro atoms. The molecule has 1 saturated heterocycles. The summed E-state index contributed by atoms with van der Waals surface area (Å²) in [5, 5.41) is 2.30. The van der Waals surface area contributed by atoms with Crippen LogP contribution in [0.15, 0.2) is 46.6 Å². The summed E-state index contributed by atoms with van der Waals surface area (Å²) >= 11 is 0. The van der Waals surface area contributed by atoms with Gasteiger partial charge in [-0.25, -0.2) is 9.59 Å². The SMILES string of the molecule is COc1cc(/C=C2\C(=O)NC(=O)N([C@@H]3C[C@H]4CC[C@H]3C4)C2=O)ccc1OC(=O)c1ccco1. The number of esters is 1. The number of furan rings is 1. The molecule has 5 rings (SSSR count). The van der Waals surface area contributed by atoms with Crippen molar-refractivity contribution in [3.63, 3.8) is 0 Å². The number of nitrogens with zero attached hydrogens (tertiary/aromatic N) is 1. The van der Waals surface area contributed by atoms with Crippen LogP contribution in [0.2, 0.25) is 0 Å². The van der Waals surface area contributed by atoms with E-state index in [-0.39, 0.29) is 28.9 Å². The van der Waals surface area contributed by atoms with Gasteiger partial charge in [0.2, 0.25) is 5.76 Å². The molecule has 1 aliphatic heterocycles. The Labute approximate surface area is 189 Å². The number of nitrogens with one attached hydrogen (secondary N) is 1. The third-order valence-corrected chi connectivity index (χ3v) is 6.59. The second kappa shape index (κ2) is 8.23. The van der Waals surface area contributed by atoms with Gasteiger partial charge in [-0.3, -0.25) is 19.8 Å². The van der Waals surface area contributed by atoms with Gasteiger partial charge < -0.3 is 13.9 Å². The average Bonchev–Trinajstić information content (AvgIpc) is 3.56. The van der Waals surface area contributed by atoms with E-state index in [1.165, 1.54) is 42.5 Å². The molecule has 2 aliphatic carbocycles. The first-order chi connectivity index (χ1) is 15.9. The minimum Gasteiger partial charge on any atom is -0.493 e. The quantitative estimate of drug-likeness (QED) is 0.322. The summed E-state index contributed by atoms with van der Waals surface area (Å²) in [4.78, 5) is 51.5. The topological polar surface area (TPSA) is 115 Å². The Morgan fingerprint density at radius 3 is 2.67 bits per heavy atom. The number of urea groups is 1. The van der Waals surface area contributed by atoms with Crippen LogP contribution in [0, 0.1) is 11.8 Å². The van der Waals surface area contributed by atoms with Gasteiger partial charge in [0.25, 0.3) is 11.8 Å². The Hall–Kier alpha value is -3.88. The highest BCUT2D eigenvalue weighted by atomic mass is 16.6. The van der Waals surface area contributed by atoms with Gasteiger partial charge >= 0.3 is 12.0 Å². The number of hydrogen-bond donors (Lipinski definition) is 1. The fourth-order valence-electron chi connectivity index (χ4n) is 5.07. The molecule has 3 aliphatic rings. The van der Waals surface area contributed by atoms with Crippen LogP contribution in [-0.4, -0.2) is 41.9 Å². The van der Waals surface area contributed by atoms with Crippen LogP contribution in [0.25, 0.3) is 6.08 Å². The summed E-state index contributed by atoms with van der Waals surface area (Å²) in [6.45, 7) is 0. The lowest BCUT2D eigenvalue weighted by Crippen LogP contribution is -2.58. The Balaban J connectivity index is 1.40. The van der Waals surface area contributed by atoms with Crippen LogP contribution in [-0.2, 0) is 9.59 Å². The molecule has 2 aromatic rings. The van der Waals surface area contributed by atoms with Crippen molar-refractivity contribution in [2.45, 2.75) is 31.7 Å². The summed E-state index contributed by atoms with van der Waals surface area (Å²) in [7, 11) is 1.41. The van der Waals surface area contributed by atoms with E-state index in [9.17, 15) is 19.2 Å². The zero-order valence-corrected chi connectivity index (χ0v) is 17.9. The van der Waals surface area contributed by atoms with Gasteiger partial charge in [0.1, 0.15) is 5.57 Å². The molecule has 2 saturated carbocycles. The van der Waals surface area contributed by atoms with Crippen molar-refractivity contribution in [2.24, 2.45) is 11.8 Å². The number of benzene rings is 1. The van der Waals surface area contributed by atoms with Gasteiger partial charge in [-0.2, -0.15) is 0 Å². The number of ether oxygens (including phenoxy) is 2. The van der Waals surface area contributed by atoms with Crippen molar-refractivity contribution in [3.8, 4) is 11.5 Å². The minimum atomic E-state index is -0.739. The van der Waals surface area contributed by atoms with Gasteiger partial charge in [0.15, 0.2) is 11.5 Å². The van der Waals surface area contributed by atoms with Gasteiger partial charge in [0, 0.05) is 6.04 Å². The van der Waals surface area contributed by atoms with Gasteiger partial charge in [0.05, 0.1) is 13.4 Å². The van der Waals surface area contributed by atoms with Gasteiger partial charge in [-0.15, -0.1) is 0 Å². The van der Waals surface area contributed by atoms with Crippen LogP contribution < -0.4 is 14.8 Å². The molecule has 3 atom stereocenters. The van der Waals surface area contributed by atoms with E-state index < -0.39 is 23.8 Å². The fourth-order valence-corrected chi connectivity index (χ4v) is 5.07. The van der Waals surface area contributed by atoms with Crippen LogP contribution >= 0.6 is 0 Å². The number of carbonyl (C=O) groups is 4. The lowest BCUT2D eigenvalue weighted by Gasteiger charge is -2.35. The van der Waals surface area contributed by atoms with E-state index in [1.807, 2.05) is 0 Å². The van der Waals surface area contributed by atoms with Crippen LogP contribution in [0.1, 0.15) is 41.8 Å². The molecule has 9 heteroatoms. The second-order valence-corrected chi connectivity index (χ2v) is 8.51. The molecule has 4 amide bonds. The van der Waals surface area contributed by atoms with Gasteiger partial charge in [-0.05, 0) is 67.0 Å². The van der Waals surface area contributed by atoms with E-state index >= 15 is 0 Å². The molecule has 1 aromatic heterocycles. The Morgan fingerprint density at radius 2 is 2.00 bits per heavy atom. The molecule has 170 valence electrons. The van der Waals surface area contributed by atoms with Crippen molar-refractivity contribution in [3.05, 3.63) is 53.5 Å². The third-order valence-electron chi connectivity index (χ3n) is 6.59. The number of barbiturate groups is 1. The predicted octanol–water partition coefficient (Wildman–Crippen LogP) is 3.16. The molecule has 1 aromatic carbocycles. The summed E-state index contributed by atoms with van der Waals surface area (Å²) in [5.74, 6) is -0.767. The summed E-state index contributed by atoms with van der Waals surface area (Å²) in [5.41, 5.74) is 0.352. The second-order valence-electron chi connectivity index (χ2n) is 8.51. The minimum absolute atomic E-state index is 0.0399. The zero-order valence-electron chi connectivity index (χ0n) is 17.9. The van der Waals surface area contributed by atoms with Crippen molar-refractivity contribution in [1.29, 1.82) is 0 Å². The van der Waals surface area contributed by atoms with Crippen molar-refractivity contribution < 1.29 is 33.1 Å².